The summed E-state index contributed by atoms with van der Waals surface area (Å²) >= 11 is 0. The van der Waals surface area contributed by atoms with Crippen LogP contribution in [0.1, 0.15) is 81.7 Å². The first-order valence-corrected chi connectivity index (χ1v) is 14.3. The molecule has 0 bridgehead atoms. The van der Waals surface area contributed by atoms with Crippen molar-refractivity contribution in [3.05, 3.63) is 87.7 Å². The van der Waals surface area contributed by atoms with Gasteiger partial charge in [0.05, 0.1) is 11.4 Å². The topological polar surface area (TPSA) is 37.0 Å². The maximum atomic E-state index is 4.80. The van der Waals surface area contributed by atoms with E-state index in [9.17, 15) is 0 Å². The van der Waals surface area contributed by atoms with Gasteiger partial charge in [0.25, 0.3) is 0 Å². The van der Waals surface area contributed by atoms with Gasteiger partial charge >= 0.3 is 0 Å². The molecule has 1 aromatic heterocycles. The molecule has 1 saturated heterocycles. The Morgan fingerprint density at radius 3 is 2.57 bits per heavy atom. The lowest BCUT2D eigenvalue weighted by molar-refractivity contribution is 0.142. The Bertz CT molecular complexity index is 1290. The lowest BCUT2D eigenvalue weighted by Crippen LogP contribution is -2.37. The van der Waals surface area contributed by atoms with Crippen LogP contribution in [0.4, 0.5) is 0 Å². The monoisotopic (exact) mass is 493 g/mol. The average molecular weight is 494 g/mol. The van der Waals surface area contributed by atoms with Gasteiger partial charge in [-0.1, -0.05) is 55.8 Å². The number of allylic oxidation sites excluding steroid dienone is 4. The minimum absolute atomic E-state index is 0.616. The predicted octanol–water partition coefficient (Wildman–Crippen LogP) is 6.24. The smallest absolute Gasteiger partial charge is 0.0870 e. The molecule has 3 aliphatic rings. The lowest BCUT2D eigenvalue weighted by atomic mass is 9.68. The maximum absolute atomic E-state index is 4.80. The summed E-state index contributed by atoms with van der Waals surface area (Å²) in [4.78, 5) is 4.80. The number of pyridine rings is 1. The van der Waals surface area contributed by atoms with Crippen LogP contribution in [0.2, 0.25) is 0 Å². The first-order chi connectivity index (χ1) is 18.1. The molecule has 2 N–H and O–H groups in total. The van der Waals surface area contributed by atoms with Gasteiger partial charge < -0.3 is 10.6 Å². The molecule has 0 radical (unpaired) electrons. The van der Waals surface area contributed by atoms with E-state index in [4.69, 9.17) is 4.98 Å². The van der Waals surface area contributed by atoms with Gasteiger partial charge in [-0.15, -0.1) is 0 Å². The van der Waals surface area contributed by atoms with Crippen molar-refractivity contribution in [1.82, 2.24) is 15.6 Å². The Labute approximate surface area is 223 Å². The second kappa shape index (κ2) is 11.6. The second-order valence-corrected chi connectivity index (χ2v) is 11.3. The lowest BCUT2D eigenvalue weighted by Gasteiger charge is -2.40. The molecule has 0 atom stereocenters. The van der Waals surface area contributed by atoms with Gasteiger partial charge in [-0.3, -0.25) is 4.98 Å². The molecule has 2 aliphatic heterocycles. The minimum atomic E-state index is 0.616. The van der Waals surface area contributed by atoms with E-state index in [1.807, 2.05) is 19.2 Å². The van der Waals surface area contributed by atoms with Gasteiger partial charge in [0.1, 0.15) is 0 Å². The van der Waals surface area contributed by atoms with Crippen LogP contribution in [0.15, 0.2) is 60.3 Å². The molecule has 2 fully saturated rings. The first-order valence-electron chi connectivity index (χ1n) is 14.3. The van der Waals surface area contributed by atoms with Gasteiger partial charge in [-0.2, -0.15) is 0 Å². The van der Waals surface area contributed by atoms with Crippen LogP contribution >= 0.6 is 0 Å². The van der Waals surface area contributed by atoms with Crippen LogP contribution in [0.25, 0.3) is 23.9 Å². The highest BCUT2D eigenvalue weighted by Gasteiger charge is 2.33. The van der Waals surface area contributed by atoms with Crippen LogP contribution in [-0.2, 0) is 0 Å². The van der Waals surface area contributed by atoms with Gasteiger partial charge in [-0.05, 0) is 135 Å². The standard InChI is InChI=1S/C34H43N3/c1-4-27(28-10-6-16-34(17-7-11-28)18-21-35-22-19-34)23-30-24-29(15-14-25(30)2)31-12-8-20-36-33(31)32-13-5-9-26(3)37-32/h4-5,8-9,13-15,20,23-24,28,35-36H,2,6-7,10-12,16-19,21-22H2,1,3H3/b27-4+,30-23-. The second-order valence-electron chi connectivity index (χ2n) is 11.3. The van der Waals surface area contributed by atoms with Crippen molar-refractivity contribution in [3.8, 4) is 0 Å². The average Bonchev–Trinajstić information content (AvgIpc) is 2.91. The fourth-order valence-corrected chi connectivity index (χ4v) is 6.72. The number of benzene rings is 1. The summed E-state index contributed by atoms with van der Waals surface area (Å²) in [7, 11) is 0. The van der Waals surface area contributed by atoms with E-state index in [0.717, 1.165) is 28.7 Å². The summed E-state index contributed by atoms with van der Waals surface area (Å²) in [6.07, 6.45) is 20.8. The molecule has 0 amide bonds. The van der Waals surface area contributed by atoms with Crippen LogP contribution in [0.3, 0.4) is 0 Å². The number of rotatable bonds is 4. The predicted molar refractivity (Wildman–Crippen MR) is 158 cm³/mol. The Morgan fingerprint density at radius 1 is 1.05 bits per heavy atom. The van der Waals surface area contributed by atoms with Crippen molar-refractivity contribution in [2.45, 2.75) is 71.6 Å². The number of aromatic nitrogens is 1. The van der Waals surface area contributed by atoms with E-state index in [2.05, 4.69) is 72.7 Å². The third-order valence-electron chi connectivity index (χ3n) is 8.92. The highest BCUT2D eigenvalue weighted by Crippen LogP contribution is 2.43. The van der Waals surface area contributed by atoms with Crippen molar-refractivity contribution in [2.75, 3.05) is 13.1 Å². The molecule has 5 rings (SSSR count). The van der Waals surface area contributed by atoms with Gasteiger partial charge in [0.15, 0.2) is 0 Å². The molecule has 1 saturated carbocycles. The summed E-state index contributed by atoms with van der Waals surface area (Å²) in [5.74, 6) is 0.651. The molecule has 1 spiro atoms. The molecule has 1 aromatic carbocycles. The van der Waals surface area contributed by atoms with Crippen molar-refractivity contribution in [3.63, 3.8) is 0 Å². The zero-order chi connectivity index (χ0) is 25.7. The molecule has 3 nitrogen and oxygen atoms in total. The highest BCUT2D eigenvalue weighted by atomic mass is 14.9. The van der Waals surface area contributed by atoms with E-state index < -0.39 is 0 Å². The van der Waals surface area contributed by atoms with Crippen LogP contribution in [0.5, 0.6) is 0 Å². The van der Waals surface area contributed by atoms with E-state index in [1.165, 1.54) is 86.4 Å². The quantitative estimate of drug-likeness (QED) is 0.529. The SMILES string of the molecule is C=c1ccc(C2=C(c3cccc(C)n3)NC=CC2)c/c1=C/C(=C\C)C1CCCC2(CCC1)CCNCC2. The molecule has 37 heavy (non-hydrogen) atoms. The van der Waals surface area contributed by atoms with E-state index >= 15 is 0 Å². The Hall–Kier alpha value is -2.91. The van der Waals surface area contributed by atoms with Crippen LogP contribution in [0, 0.1) is 18.3 Å². The van der Waals surface area contributed by atoms with Gasteiger partial charge in [0, 0.05) is 5.69 Å². The Morgan fingerprint density at radius 2 is 1.84 bits per heavy atom. The van der Waals surface area contributed by atoms with E-state index in [0.29, 0.717) is 11.3 Å². The molecule has 3 heterocycles. The molecule has 3 heteroatoms. The third-order valence-corrected chi connectivity index (χ3v) is 8.92. The summed E-state index contributed by atoms with van der Waals surface area (Å²) in [6, 6.07) is 13.0. The Balaban J connectivity index is 1.42. The van der Waals surface area contributed by atoms with Gasteiger partial charge in [0.2, 0.25) is 0 Å². The van der Waals surface area contributed by atoms with Crippen LogP contribution in [-0.4, -0.2) is 18.1 Å². The summed E-state index contributed by atoms with van der Waals surface area (Å²) in [6.45, 7) is 11.1. The van der Waals surface area contributed by atoms with E-state index in [-0.39, 0.29) is 0 Å². The number of aryl methyl sites for hydroxylation is 1. The third kappa shape index (κ3) is 5.99. The number of nitrogens with zero attached hydrogens (tertiary/aromatic N) is 1. The maximum Gasteiger partial charge on any atom is 0.0870 e. The van der Waals surface area contributed by atoms with Crippen molar-refractivity contribution >= 4 is 23.9 Å². The number of hydrogen-bond acceptors (Lipinski definition) is 3. The summed E-state index contributed by atoms with van der Waals surface area (Å²) in [5, 5.41) is 9.38. The molecular weight excluding hydrogens is 450 g/mol. The number of dihydropyridines is 1. The number of piperidine rings is 1. The van der Waals surface area contributed by atoms with Crippen molar-refractivity contribution in [1.29, 1.82) is 0 Å². The molecule has 1 aliphatic carbocycles. The van der Waals surface area contributed by atoms with Crippen molar-refractivity contribution in [2.24, 2.45) is 11.3 Å². The highest BCUT2D eigenvalue weighted by molar-refractivity contribution is 5.90. The normalized spacial score (nSPS) is 21.6. The van der Waals surface area contributed by atoms with E-state index in [1.54, 1.807) is 0 Å². The largest absolute Gasteiger partial charge is 0.360 e. The Kier molecular flexibility index (Phi) is 8.10. The molecular formula is C34H43N3. The fraction of sp³-hybridized carbons (Fsp3) is 0.441. The molecule has 2 aromatic rings. The first kappa shape index (κ1) is 25.7. The zero-order valence-corrected chi connectivity index (χ0v) is 22.8. The molecule has 194 valence electrons. The van der Waals surface area contributed by atoms with Gasteiger partial charge in [-0.25, -0.2) is 0 Å². The molecule has 0 unspecified atom stereocenters. The fourth-order valence-electron chi connectivity index (χ4n) is 6.72. The van der Waals surface area contributed by atoms with Crippen molar-refractivity contribution < 1.29 is 0 Å². The summed E-state index contributed by atoms with van der Waals surface area (Å²) < 4.78 is 0. The van der Waals surface area contributed by atoms with Crippen LogP contribution < -0.4 is 21.1 Å². The number of nitrogens with one attached hydrogen (secondary N) is 2. The summed E-state index contributed by atoms with van der Waals surface area (Å²) in [5.41, 5.74) is 7.77. The zero-order valence-electron chi connectivity index (χ0n) is 22.8. The number of hydrogen-bond donors (Lipinski definition) is 2. The minimum Gasteiger partial charge on any atom is -0.360 e.